The fraction of sp³-hybridized carbons (Fsp3) is 0.125. The Hall–Kier alpha value is -0.630. The summed E-state index contributed by atoms with van der Waals surface area (Å²) in [6.45, 7) is -0.468. The average molecular weight is 261 g/mol. The second kappa shape index (κ2) is 3.67. The third-order valence-electron chi connectivity index (χ3n) is 1.33. The number of nitrogens with zero attached hydrogens (tertiary/aromatic N) is 1. The van der Waals surface area contributed by atoms with Crippen molar-refractivity contribution in [2.24, 2.45) is 0 Å². The van der Waals surface area contributed by atoms with Crippen molar-refractivity contribution in [2.75, 3.05) is 0 Å². The Labute approximate surface area is 78.0 Å². The lowest BCUT2D eigenvalue weighted by Crippen LogP contribution is -1.85. The van der Waals surface area contributed by atoms with Gasteiger partial charge in [-0.2, -0.15) is 5.26 Å². The van der Waals surface area contributed by atoms with Crippen LogP contribution in [-0.2, 0) is 6.67 Å². The molecule has 56 valence electrons. The third-order valence-corrected chi connectivity index (χ3v) is 2.33. The second-order valence-electron chi connectivity index (χ2n) is 2.05. The van der Waals surface area contributed by atoms with Gasteiger partial charge in [0.2, 0.25) is 0 Å². The largest absolute Gasteiger partial charge is 0.246 e. The number of hydrogen-bond donors (Lipinski definition) is 0. The van der Waals surface area contributed by atoms with Crippen molar-refractivity contribution < 1.29 is 4.39 Å². The average Bonchev–Trinajstić information content (AvgIpc) is 2.04. The van der Waals surface area contributed by atoms with E-state index in [2.05, 4.69) is 0 Å². The van der Waals surface area contributed by atoms with Crippen LogP contribution in [0.1, 0.15) is 11.1 Å². The summed E-state index contributed by atoms with van der Waals surface area (Å²) in [5.74, 6) is 0. The van der Waals surface area contributed by atoms with Crippen molar-refractivity contribution in [3.05, 3.63) is 32.9 Å². The van der Waals surface area contributed by atoms with Crippen LogP contribution < -0.4 is 0 Å². The van der Waals surface area contributed by atoms with E-state index in [0.717, 1.165) is 3.57 Å². The Balaban J connectivity index is 3.12. The van der Waals surface area contributed by atoms with E-state index in [-0.39, 0.29) is 0 Å². The molecule has 0 saturated carbocycles. The van der Waals surface area contributed by atoms with E-state index in [1.54, 1.807) is 18.2 Å². The zero-order valence-electron chi connectivity index (χ0n) is 5.64. The van der Waals surface area contributed by atoms with Crippen LogP contribution in [0.4, 0.5) is 4.39 Å². The summed E-state index contributed by atoms with van der Waals surface area (Å²) in [5.41, 5.74) is 1.22. The van der Waals surface area contributed by atoms with Gasteiger partial charge in [0.05, 0.1) is 11.6 Å². The molecule has 0 aliphatic carbocycles. The second-order valence-corrected chi connectivity index (χ2v) is 3.21. The Morgan fingerprint density at radius 1 is 1.55 bits per heavy atom. The molecule has 0 N–H and O–H groups in total. The van der Waals surface area contributed by atoms with E-state index in [4.69, 9.17) is 5.26 Å². The van der Waals surface area contributed by atoms with E-state index in [0.29, 0.717) is 11.1 Å². The van der Waals surface area contributed by atoms with E-state index in [1.165, 1.54) is 0 Å². The summed E-state index contributed by atoms with van der Waals surface area (Å²) in [5, 5.41) is 8.48. The normalized spacial score (nSPS) is 9.18. The molecule has 0 spiro atoms. The summed E-state index contributed by atoms with van der Waals surface area (Å²) < 4.78 is 12.9. The van der Waals surface area contributed by atoms with Crippen LogP contribution in [0.3, 0.4) is 0 Å². The fourth-order valence-electron chi connectivity index (χ4n) is 0.725. The summed E-state index contributed by atoms with van der Waals surface area (Å²) in [4.78, 5) is 0. The molecule has 0 saturated heterocycles. The maximum atomic E-state index is 12.1. The van der Waals surface area contributed by atoms with Crippen molar-refractivity contribution in [1.29, 1.82) is 5.26 Å². The van der Waals surface area contributed by atoms with Gasteiger partial charge >= 0.3 is 0 Å². The van der Waals surface area contributed by atoms with Gasteiger partial charge in [-0.15, -0.1) is 0 Å². The molecule has 0 aliphatic heterocycles. The zero-order chi connectivity index (χ0) is 8.27. The van der Waals surface area contributed by atoms with Gasteiger partial charge in [0.1, 0.15) is 6.67 Å². The van der Waals surface area contributed by atoms with Crippen molar-refractivity contribution in [3.8, 4) is 6.07 Å². The molecule has 0 aliphatic rings. The molecule has 1 aromatic carbocycles. The number of alkyl halides is 1. The lowest BCUT2D eigenvalue weighted by molar-refractivity contribution is 0.484. The van der Waals surface area contributed by atoms with Gasteiger partial charge in [-0.05, 0) is 40.3 Å². The highest BCUT2D eigenvalue weighted by Crippen LogP contribution is 2.14. The minimum Gasteiger partial charge on any atom is -0.246 e. The first-order valence-electron chi connectivity index (χ1n) is 3.02. The van der Waals surface area contributed by atoms with E-state index in [9.17, 15) is 4.39 Å². The zero-order valence-corrected chi connectivity index (χ0v) is 7.80. The number of hydrogen-bond acceptors (Lipinski definition) is 1. The van der Waals surface area contributed by atoms with Crippen LogP contribution in [0.5, 0.6) is 0 Å². The molecular formula is C8H5FIN. The molecule has 0 fully saturated rings. The summed E-state index contributed by atoms with van der Waals surface area (Å²) in [7, 11) is 0. The predicted octanol–water partition coefficient (Wildman–Crippen LogP) is 2.63. The van der Waals surface area contributed by atoms with Crippen LogP contribution in [0.25, 0.3) is 0 Å². The standard InChI is InChI=1S/C8H5FIN/c9-4-7-2-1-6(5-11)3-8(7)10/h1-3H,4H2. The third kappa shape index (κ3) is 1.90. The van der Waals surface area contributed by atoms with E-state index in [1.807, 2.05) is 28.7 Å². The molecular weight excluding hydrogens is 256 g/mol. The molecule has 11 heavy (non-hydrogen) atoms. The van der Waals surface area contributed by atoms with Crippen LogP contribution in [0.2, 0.25) is 0 Å². The van der Waals surface area contributed by atoms with Gasteiger partial charge < -0.3 is 0 Å². The SMILES string of the molecule is N#Cc1ccc(CF)c(I)c1. The maximum absolute atomic E-state index is 12.1. The molecule has 0 unspecified atom stereocenters. The van der Waals surface area contributed by atoms with Crippen molar-refractivity contribution >= 4 is 22.6 Å². The highest BCUT2D eigenvalue weighted by Gasteiger charge is 1.99. The topological polar surface area (TPSA) is 23.8 Å². The molecule has 0 bridgehead atoms. The van der Waals surface area contributed by atoms with Crippen molar-refractivity contribution in [2.45, 2.75) is 6.67 Å². The predicted molar refractivity (Wildman–Crippen MR) is 48.7 cm³/mol. The highest BCUT2D eigenvalue weighted by molar-refractivity contribution is 14.1. The smallest absolute Gasteiger partial charge is 0.116 e. The van der Waals surface area contributed by atoms with Gasteiger partial charge in [0.25, 0.3) is 0 Å². The lowest BCUT2D eigenvalue weighted by Gasteiger charge is -1.97. The van der Waals surface area contributed by atoms with Crippen LogP contribution in [0.15, 0.2) is 18.2 Å². The quantitative estimate of drug-likeness (QED) is 0.713. The molecule has 1 aromatic rings. The van der Waals surface area contributed by atoms with Gasteiger partial charge in [-0.1, -0.05) is 6.07 Å². The van der Waals surface area contributed by atoms with E-state index < -0.39 is 6.67 Å². The Kier molecular flexibility index (Phi) is 2.83. The number of nitriles is 1. The molecule has 0 atom stereocenters. The number of benzene rings is 1. The number of halogens is 2. The molecule has 0 radical (unpaired) electrons. The van der Waals surface area contributed by atoms with Crippen LogP contribution in [0, 0.1) is 14.9 Å². The van der Waals surface area contributed by atoms with Gasteiger partial charge in [-0.25, -0.2) is 4.39 Å². The van der Waals surface area contributed by atoms with Gasteiger partial charge in [-0.3, -0.25) is 0 Å². The maximum Gasteiger partial charge on any atom is 0.116 e. The first kappa shape index (κ1) is 8.47. The number of rotatable bonds is 1. The minimum absolute atomic E-state index is 0.468. The van der Waals surface area contributed by atoms with Gasteiger partial charge in [0, 0.05) is 3.57 Å². The van der Waals surface area contributed by atoms with Gasteiger partial charge in [0.15, 0.2) is 0 Å². The van der Waals surface area contributed by atoms with Crippen LogP contribution >= 0.6 is 22.6 Å². The molecule has 1 rings (SSSR count). The Morgan fingerprint density at radius 2 is 2.27 bits per heavy atom. The molecule has 0 aromatic heterocycles. The van der Waals surface area contributed by atoms with Crippen molar-refractivity contribution in [1.82, 2.24) is 0 Å². The minimum atomic E-state index is -0.468. The van der Waals surface area contributed by atoms with Crippen molar-refractivity contribution in [3.63, 3.8) is 0 Å². The monoisotopic (exact) mass is 261 g/mol. The Bertz CT molecular complexity index is 303. The Morgan fingerprint density at radius 3 is 2.73 bits per heavy atom. The first-order chi connectivity index (χ1) is 5.27. The highest BCUT2D eigenvalue weighted by atomic mass is 127. The molecule has 1 nitrogen and oxygen atoms in total. The molecule has 3 heteroatoms. The first-order valence-corrected chi connectivity index (χ1v) is 4.10. The summed E-state index contributed by atoms with van der Waals surface area (Å²) >= 11 is 2.02. The molecule has 0 heterocycles. The lowest BCUT2D eigenvalue weighted by atomic mass is 10.2. The summed E-state index contributed by atoms with van der Waals surface area (Å²) in [6, 6.07) is 6.93. The van der Waals surface area contributed by atoms with Crippen LogP contribution in [-0.4, -0.2) is 0 Å². The fourth-order valence-corrected chi connectivity index (χ4v) is 1.38. The molecule has 0 amide bonds. The van der Waals surface area contributed by atoms with E-state index >= 15 is 0 Å². The summed E-state index contributed by atoms with van der Waals surface area (Å²) in [6.07, 6.45) is 0.